The standard InChI is InChI=1S/C32H66O.C28H58O/c1-2-3-4-5-6-7-8-9-10-11-12-13-14-15-16-17-18-19-20-21-22-23-24-25-26-27-28-29-30-31-32-33;1-2-3-4-5-6-7-8-9-10-11-12-13-14-15-16-17-18-19-20-21-22-23-24-25-26-27-28-29/h33H,2-32H2,1H3;29H,2-28H2,1H3. The molecule has 0 heterocycles. The SMILES string of the molecule is CCCCCCCCCCCCCCCCCCCCCCCCCCCCCCCCO.CCCCCCCCCCCCCCCCCCCCCCCCCCCCO. The van der Waals surface area contributed by atoms with E-state index in [1.165, 1.54) is 347 Å². The van der Waals surface area contributed by atoms with Gasteiger partial charge in [-0.05, 0) is 12.8 Å². The van der Waals surface area contributed by atoms with Gasteiger partial charge in [-0.25, -0.2) is 0 Å². The minimum Gasteiger partial charge on any atom is -0.396 e. The summed E-state index contributed by atoms with van der Waals surface area (Å²) >= 11 is 0. The van der Waals surface area contributed by atoms with E-state index in [4.69, 9.17) is 10.2 Å². The van der Waals surface area contributed by atoms with Gasteiger partial charge in [0.05, 0.1) is 0 Å². The molecule has 0 saturated carbocycles. The lowest BCUT2D eigenvalue weighted by molar-refractivity contribution is 0.282. The van der Waals surface area contributed by atoms with Crippen molar-refractivity contribution < 1.29 is 10.2 Å². The molecule has 0 spiro atoms. The molecule has 0 saturated heterocycles. The predicted molar refractivity (Wildman–Crippen MR) is 284 cm³/mol. The maximum Gasteiger partial charge on any atom is 0.0431 e. The van der Waals surface area contributed by atoms with Crippen molar-refractivity contribution >= 4 is 0 Å². The molecule has 0 unspecified atom stereocenters. The van der Waals surface area contributed by atoms with Crippen LogP contribution < -0.4 is 0 Å². The first kappa shape index (κ1) is 64.0. The van der Waals surface area contributed by atoms with Crippen molar-refractivity contribution in [1.82, 2.24) is 0 Å². The molecule has 2 N–H and O–H groups in total. The van der Waals surface area contributed by atoms with E-state index in [0.717, 1.165) is 12.8 Å². The van der Waals surface area contributed by atoms with Crippen LogP contribution in [0.3, 0.4) is 0 Å². The van der Waals surface area contributed by atoms with Crippen molar-refractivity contribution in [2.75, 3.05) is 13.2 Å². The molecule has 0 aromatic rings. The summed E-state index contributed by atoms with van der Waals surface area (Å²) in [4.78, 5) is 0. The lowest BCUT2D eigenvalue weighted by Crippen LogP contribution is -1.85. The molecule has 0 aliphatic heterocycles. The van der Waals surface area contributed by atoms with Crippen LogP contribution in [0.25, 0.3) is 0 Å². The van der Waals surface area contributed by atoms with Gasteiger partial charge >= 0.3 is 0 Å². The van der Waals surface area contributed by atoms with Crippen molar-refractivity contribution in [3.8, 4) is 0 Å². The number of rotatable bonds is 56. The molecular weight excluding hydrogens is 753 g/mol. The highest BCUT2D eigenvalue weighted by Gasteiger charge is 1.99. The average molecular weight is 878 g/mol. The van der Waals surface area contributed by atoms with Gasteiger partial charge in [-0.15, -0.1) is 0 Å². The van der Waals surface area contributed by atoms with Gasteiger partial charge in [0.2, 0.25) is 0 Å². The highest BCUT2D eigenvalue weighted by molar-refractivity contribution is 4.54. The molecule has 0 bridgehead atoms. The summed E-state index contributed by atoms with van der Waals surface area (Å²) in [6.45, 7) is 5.35. The zero-order valence-corrected chi connectivity index (χ0v) is 43.9. The van der Waals surface area contributed by atoms with Crippen LogP contribution in [0.2, 0.25) is 0 Å². The summed E-state index contributed by atoms with van der Waals surface area (Å²) < 4.78 is 0. The first-order valence-electron chi connectivity index (χ1n) is 30.0. The van der Waals surface area contributed by atoms with Gasteiger partial charge < -0.3 is 10.2 Å². The molecular formula is C60H124O2. The highest BCUT2D eigenvalue weighted by Crippen LogP contribution is 2.18. The Hall–Kier alpha value is -0.0800. The molecule has 2 heteroatoms. The average Bonchev–Trinajstić information content (AvgIpc) is 3.28. The molecule has 376 valence electrons. The van der Waals surface area contributed by atoms with Gasteiger partial charge in [-0.1, -0.05) is 361 Å². The fourth-order valence-corrected chi connectivity index (χ4v) is 9.56. The van der Waals surface area contributed by atoms with Gasteiger partial charge in [0.1, 0.15) is 0 Å². The second-order valence-electron chi connectivity index (χ2n) is 20.5. The predicted octanol–water partition coefficient (Wildman–Crippen LogP) is 21.8. The topological polar surface area (TPSA) is 40.5 Å². The van der Waals surface area contributed by atoms with Crippen molar-refractivity contribution in [3.05, 3.63) is 0 Å². The van der Waals surface area contributed by atoms with Crippen LogP contribution in [0.1, 0.15) is 373 Å². The normalized spacial score (nSPS) is 11.4. The van der Waals surface area contributed by atoms with Crippen molar-refractivity contribution in [3.63, 3.8) is 0 Å². The Bertz CT molecular complexity index is 636. The van der Waals surface area contributed by atoms with E-state index in [1.54, 1.807) is 0 Å². The summed E-state index contributed by atoms with van der Waals surface area (Å²) in [6.07, 6.45) is 80.1. The number of hydrogen-bond acceptors (Lipinski definition) is 2. The number of aliphatic hydroxyl groups excluding tert-OH is 2. The molecule has 0 aliphatic rings. The van der Waals surface area contributed by atoms with Crippen LogP contribution in [-0.4, -0.2) is 23.4 Å². The lowest BCUT2D eigenvalue weighted by Gasteiger charge is -2.04. The third-order valence-electron chi connectivity index (χ3n) is 14.0. The second-order valence-corrected chi connectivity index (χ2v) is 20.5. The van der Waals surface area contributed by atoms with E-state index in [2.05, 4.69) is 13.8 Å². The van der Waals surface area contributed by atoms with Gasteiger partial charge in [-0.3, -0.25) is 0 Å². The van der Waals surface area contributed by atoms with Crippen molar-refractivity contribution in [2.24, 2.45) is 0 Å². The van der Waals surface area contributed by atoms with Gasteiger partial charge in [0, 0.05) is 13.2 Å². The lowest BCUT2D eigenvalue weighted by atomic mass is 10.0. The molecule has 0 atom stereocenters. The molecule has 2 nitrogen and oxygen atoms in total. The number of aliphatic hydroxyl groups is 2. The molecule has 0 amide bonds. The number of unbranched alkanes of at least 4 members (excludes halogenated alkanes) is 54. The maximum absolute atomic E-state index is 8.77. The fraction of sp³-hybridized carbons (Fsp3) is 1.00. The van der Waals surface area contributed by atoms with Crippen LogP contribution in [0.5, 0.6) is 0 Å². The van der Waals surface area contributed by atoms with E-state index >= 15 is 0 Å². The van der Waals surface area contributed by atoms with Gasteiger partial charge in [0.15, 0.2) is 0 Å². The van der Waals surface area contributed by atoms with E-state index < -0.39 is 0 Å². The molecule has 0 aromatic heterocycles. The third kappa shape index (κ3) is 66.5. The Morgan fingerprint density at radius 1 is 0.129 bits per heavy atom. The smallest absolute Gasteiger partial charge is 0.0431 e. The van der Waals surface area contributed by atoms with Gasteiger partial charge in [0.25, 0.3) is 0 Å². The van der Waals surface area contributed by atoms with E-state index in [9.17, 15) is 0 Å². The van der Waals surface area contributed by atoms with Crippen molar-refractivity contribution in [1.29, 1.82) is 0 Å². The Morgan fingerprint density at radius 3 is 0.290 bits per heavy atom. The maximum atomic E-state index is 8.77. The van der Waals surface area contributed by atoms with Gasteiger partial charge in [-0.2, -0.15) is 0 Å². The molecule has 62 heavy (non-hydrogen) atoms. The second kappa shape index (κ2) is 65.2. The summed E-state index contributed by atoms with van der Waals surface area (Å²) in [7, 11) is 0. The minimum atomic E-state index is 0.374. The zero-order chi connectivity index (χ0) is 45.0. The van der Waals surface area contributed by atoms with Crippen LogP contribution in [-0.2, 0) is 0 Å². The van der Waals surface area contributed by atoms with Crippen LogP contribution >= 0.6 is 0 Å². The summed E-state index contributed by atoms with van der Waals surface area (Å²) in [5.74, 6) is 0. The molecule has 0 aromatic carbocycles. The first-order chi connectivity index (χ1) is 30.8. The first-order valence-corrected chi connectivity index (χ1v) is 30.0. The highest BCUT2D eigenvalue weighted by atomic mass is 16.3. The van der Waals surface area contributed by atoms with E-state index in [0.29, 0.717) is 13.2 Å². The Balaban J connectivity index is 0. The Morgan fingerprint density at radius 2 is 0.210 bits per heavy atom. The zero-order valence-electron chi connectivity index (χ0n) is 43.9. The largest absolute Gasteiger partial charge is 0.396 e. The Kier molecular flexibility index (Phi) is 67.3. The monoisotopic (exact) mass is 877 g/mol. The van der Waals surface area contributed by atoms with Crippen LogP contribution in [0, 0.1) is 0 Å². The molecule has 0 radical (unpaired) electrons. The van der Waals surface area contributed by atoms with Crippen LogP contribution in [0.4, 0.5) is 0 Å². The molecule has 0 aliphatic carbocycles. The van der Waals surface area contributed by atoms with Crippen LogP contribution in [0.15, 0.2) is 0 Å². The Labute approximate surface area is 395 Å². The van der Waals surface area contributed by atoms with Crippen molar-refractivity contribution in [2.45, 2.75) is 373 Å². The third-order valence-corrected chi connectivity index (χ3v) is 14.0. The molecule has 0 fully saturated rings. The number of hydrogen-bond donors (Lipinski definition) is 2. The molecule has 0 rings (SSSR count). The summed E-state index contributed by atoms with van der Waals surface area (Å²) in [5, 5.41) is 17.5. The summed E-state index contributed by atoms with van der Waals surface area (Å²) in [5.41, 5.74) is 0. The summed E-state index contributed by atoms with van der Waals surface area (Å²) in [6, 6.07) is 0. The fourth-order valence-electron chi connectivity index (χ4n) is 9.56. The quantitative estimate of drug-likeness (QED) is 0.0598. The minimum absolute atomic E-state index is 0.374. The van der Waals surface area contributed by atoms with E-state index in [-0.39, 0.29) is 0 Å². The van der Waals surface area contributed by atoms with E-state index in [1.807, 2.05) is 0 Å².